The van der Waals surface area contributed by atoms with E-state index in [1.807, 2.05) is 24.4 Å². The zero-order valence-corrected chi connectivity index (χ0v) is 30.6. The molecule has 0 aliphatic heterocycles. The lowest BCUT2D eigenvalue weighted by atomic mass is 9.70. The van der Waals surface area contributed by atoms with Gasteiger partial charge in [-0.2, -0.15) is 0 Å². The van der Waals surface area contributed by atoms with E-state index in [-0.39, 0.29) is 5.92 Å². The molecule has 0 saturated heterocycles. The van der Waals surface area contributed by atoms with Crippen LogP contribution in [0, 0.1) is 29.6 Å². The largest absolute Gasteiger partial charge is 0.315 e. The minimum atomic E-state index is -0.165. The van der Waals surface area contributed by atoms with Crippen LogP contribution < -0.4 is 0 Å². The van der Waals surface area contributed by atoms with Crippen LogP contribution in [0.1, 0.15) is 56.2 Å². The molecule has 252 valence electrons. The first kappa shape index (κ1) is 34.5. The van der Waals surface area contributed by atoms with E-state index in [0.717, 1.165) is 52.6 Å². The van der Waals surface area contributed by atoms with Crippen molar-refractivity contribution in [1.82, 2.24) is 4.57 Å². The summed E-state index contributed by atoms with van der Waals surface area (Å²) in [5.74, 6) is 13.5. The van der Waals surface area contributed by atoms with Crippen molar-refractivity contribution in [3.05, 3.63) is 179 Å². The summed E-state index contributed by atoms with van der Waals surface area (Å²) in [5, 5.41) is 4.31. The van der Waals surface area contributed by atoms with Gasteiger partial charge in [-0.05, 0) is 70.1 Å². The number of fused-ring (bicyclic) bond motifs is 4. The van der Waals surface area contributed by atoms with Crippen LogP contribution in [0.4, 0.5) is 0 Å². The lowest BCUT2D eigenvalue weighted by molar-refractivity contribution is 1.05. The number of rotatable bonds is 9. The molecule has 0 fully saturated rings. The van der Waals surface area contributed by atoms with Crippen LogP contribution in [-0.4, -0.2) is 9.93 Å². The van der Waals surface area contributed by atoms with Crippen LogP contribution in [0.5, 0.6) is 0 Å². The van der Waals surface area contributed by atoms with Gasteiger partial charge < -0.3 is 4.57 Å². The third-order valence-electron chi connectivity index (χ3n) is 9.61. The molecule has 3 aliphatic carbocycles. The predicted molar refractivity (Wildman–Crippen MR) is 229 cm³/mol. The van der Waals surface area contributed by atoms with Crippen molar-refractivity contribution in [2.75, 3.05) is 0 Å². The third-order valence-corrected chi connectivity index (χ3v) is 9.85. The van der Waals surface area contributed by atoms with Crippen molar-refractivity contribution < 1.29 is 0 Å². The van der Waals surface area contributed by atoms with Gasteiger partial charge in [0.2, 0.25) is 0 Å². The van der Waals surface area contributed by atoms with E-state index >= 15 is 0 Å². The molecule has 0 radical (unpaired) electrons. The molecular weight excluding hydrogens is 647 g/mol. The van der Waals surface area contributed by atoms with Crippen LogP contribution in [0.2, 0.25) is 0 Å². The Morgan fingerprint density at radius 1 is 0.808 bits per heavy atom. The minimum absolute atomic E-state index is 0.165. The highest BCUT2D eigenvalue weighted by Crippen LogP contribution is 2.49. The van der Waals surface area contributed by atoms with Gasteiger partial charge in [0.05, 0.1) is 17.0 Å². The number of hydrogen-bond acceptors (Lipinski definition) is 1. The van der Waals surface area contributed by atoms with E-state index in [2.05, 4.69) is 175 Å². The highest BCUT2D eigenvalue weighted by molar-refractivity contribution is 7.79. The summed E-state index contributed by atoms with van der Waals surface area (Å²) in [4.78, 5) is 0. The Kier molecular flexibility index (Phi) is 10.9. The van der Waals surface area contributed by atoms with E-state index in [1.165, 1.54) is 38.6 Å². The fraction of sp³-hybridized carbons (Fsp3) is 0.140. The first-order valence-electron chi connectivity index (χ1n) is 18.1. The standard InChI is InChI=1S/C50H41NS/c1-3-5-7-13-20-35-51-47-30-19-18-25-40(47)44-28-21-29-45(50(44)51)49-42-27-17-12-11-16-26-41(42)48(46(36-52)43(49)24-6-4-2)39-33-31-38(32-34-39)37-22-14-9-8-10-15-23-37/h3,5-7,12-14,17-25,27-36,41H,4,9,11,15H2,1-2H3/b5-3-,13-7-,17-12-,22-14?,24-6-,35-20+,37-23?,42-27?. The Labute approximate surface area is 313 Å². The van der Waals surface area contributed by atoms with Crippen molar-refractivity contribution in [3.63, 3.8) is 0 Å². The van der Waals surface area contributed by atoms with Gasteiger partial charge in [-0.3, -0.25) is 0 Å². The molecular formula is C50H41NS. The van der Waals surface area contributed by atoms with Gasteiger partial charge in [0.1, 0.15) is 0 Å². The number of thiocarbonyl (C=S) groups is 1. The van der Waals surface area contributed by atoms with Crippen molar-refractivity contribution in [2.24, 2.45) is 5.92 Å². The molecule has 7 rings (SSSR count). The summed E-state index contributed by atoms with van der Waals surface area (Å²) in [6.45, 7) is 4.21. The van der Waals surface area contributed by atoms with Gasteiger partial charge in [0, 0.05) is 47.2 Å². The maximum absolute atomic E-state index is 5.96. The Morgan fingerprint density at radius 3 is 2.44 bits per heavy atom. The molecule has 3 aliphatic rings. The van der Waals surface area contributed by atoms with Gasteiger partial charge in [-0.1, -0.05) is 176 Å². The third kappa shape index (κ3) is 6.87. The summed E-state index contributed by atoms with van der Waals surface area (Å²) < 4.78 is 2.34. The van der Waals surface area contributed by atoms with Crippen molar-refractivity contribution >= 4 is 62.3 Å². The Hall–Kier alpha value is -5.93. The summed E-state index contributed by atoms with van der Waals surface area (Å²) >= 11 is 5.96. The zero-order chi connectivity index (χ0) is 35.7. The Balaban J connectivity index is 1.52. The zero-order valence-electron chi connectivity index (χ0n) is 29.8. The molecule has 1 aromatic heterocycles. The average molecular weight is 688 g/mol. The van der Waals surface area contributed by atoms with E-state index in [0.29, 0.717) is 6.42 Å². The number of benzene rings is 3. The molecule has 3 aromatic carbocycles. The smallest absolute Gasteiger partial charge is 0.0720 e. The molecule has 1 heterocycles. The Bertz CT molecular complexity index is 2480. The molecule has 0 amide bonds. The van der Waals surface area contributed by atoms with Crippen LogP contribution in [0.25, 0.3) is 44.7 Å². The van der Waals surface area contributed by atoms with Crippen LogP contribution >= 0.6 is 12.2 Å². The van der Waals surface area contributed by atoms with Crippen LogP contribution in [0.15, 0.2) is 162 Å². The predicted octanol–water partition coefficient (Wildman–Crippen LogP) is 12.8. The second-order valence-corrected chi connectivity index (χ2v) is 13.0. The van der Waals surface area contributed by atoms with Crippen molar-refractivity contribution in [3.8, 4) is 23.7 Å². The monoisotopic (exact) mass is 687 g/mol. The van der Waals surface area contributed by atoms with Gasteiger partial charge in [-0.25, -0.2) is 0 Å². The molecule has 0 spiro atoms. The normalized spacial score (nSPS) is 18.2. The highest BCUT2D eigenvalue weighted by Gasteiger charge is 2.33. The second kappa shape index (κ2) is 16.4. The number of para-hydroxylation sites is 2. The van der Waals surface area contributed by atoms with E-state index in [4.69, 9.17) is 12.2 Å². The molecule has 0 saturated carbocycles. The number of aromatic nitrogens is 1. The molecule has 2 heteroatoms. The van der Waals surface area contributed by atoms with Gasteiger partial charge >= 0.3 is 0 Å². The number of hydrogen-bond donors (Lipinski definition) is 0. The Morgan fingerprint density at radius 2 is 1.60 bits per heavy atom. The molecule has 1 atom stereocenters. The average Bonchev–Trinajstić information content (AvgIpc) is 3.47. The van der Waals surface area contributed by atoms with E-state index in [1.54, 1.807) is 0 Å². The minimum Gasteiger partial charge on any atom is -0.315 e. The quantitative estimate of drug-likeness (QED) is 0.0963. The highest BCUT2D eigenvalue weighted by atomic mass is 32.1. The van der Waals surface area contributed by atoms with Crippen molar-refractivity contribution in [1.29, 1.82) is 0 Å². The molecule has 0 N–H and O–H groups in total. The lowest BCUT2D eigenvalue weighted by Gasteiger charge is -2.32. The van der Waals surface area contributed by atoms with E-state index < -0.39 is 0 Å². The van der Waals surface area contributed by atoms with Gasteiger partial charge in [0.25, 0.3) is 0 Å². The SMILES string of the molecule is C\C=C/C=C\C=C\n1c2ccccc2c2cccc(C3=C(/C=C\CC)C(C=S)=C(c4ccc(C5=CCC#CCC=C5)cc4)C4C#CC/C=C\C=C34)c21. The summed E-state index contributed by atoms with van der Waals surface area (Å²) in [7, 11) is 0. The first-order valence-corrected chi connectivity index (χ1v) is 18.6. The molecule has 4 aromatic rings. The topological polar surface area (TPSA) is 4.93 Å². The number of allylic oxidation sites excluding steroid dienone is 19. The fourth-order valence-electron chi connectivity index (χ4n) is 7.30. The molecule has 1 unspecified atom stereocenters. The van der Waals surface area contributed by atoms with Crippen LogP contribution in [-0.2, 0) is 0 Å². The maximum atomic E-state index is 5.96. The lowest BCUT2D eigenvalue weighted by Crippen LogP contribution is -2.18. The summed E-state index contributed by atoms with van der Waals surface area (Å²) in [6.07, 6.45) is 33.4. The molecule has 52 heavy (non-hydrogen) atoms. The van der Waals surface area contributed by atoms with Gasteiger partial charge in [-0.15, -0.1) is 0 Å². The summed E-state index contributed by atoms with van der Waals surface area (Å²) in [5.41, 5.74) is 12.7. The van der Waals surface area contributed by atoms with E-state index in [9.17, 15) is 0 Å². The summed E-state index contributed by atoms with van der Waals surface area (Å²) in [6, 6.07) is 24.3. The molecule has 0 bridgehead atoms. The van der Waals surface area contributed by atoms with Crippen molar-refractivity contribution in [2.45, 2.75) is 39.5 Å². The second-order valence-electron chi connectivity index (χ2n) is 12.8. The maximum Gasteiger partial charge on any atom is 0.0720 e. The number of nitrogens with zero attached hydrogens (tertiary/aromatic N) is 1. The van der Waals surface area contributed by atoms with Gasteiger partial charge in [0.15, 0.2) is 0 Å². The first-order chi connectivity index (χ1) is 25.7. The van der Waals surface area contributed by atoms with Crippen LogP contribution in [0.3, 0.4) is 0 Å². The fourth-order valence-corrected chi connectivity index (χ4v) is 7.55. The molecule has 1 nitrogen and oxygen atoms in total.